The third kappa shape index (κ3) is 4.46. The molecule has 0 bridgehead atoms. The zero-order chi connectivity index (χ0) is 24.8. The second-order valence-electron chi connectivity index (χ2n) is 12.7. The van der Waals surface area contributed by atoms with Gasteiger partial charge in [0.2, 0.25) is 0 Å². The van der Waals surface area contributed by atoms with Crippen LogP contribution in [0.15, 0.2) is 18.2 Å². The van der Waals surface area contributed by atoms with Gasteiger partial charge in [-0.25, -0.2) is 4.79 Å². The fraction of sp³-hybridized carbons (Fsp3) is 0.767. The van der Waals surface area contributed by atoms with Gasteiger partial charge in [-0.2, -0.15) is 0 Å². The fourth-order valence-electron chi connectivity index (χ4n) is 7.94. The number of carboxylic acid groups (broad SMARTS) is 1. The number of hydrogen-bond donors (Lipinski definition) is 1. The van der Waals surface area contributed by atoms with Crippen molar-refractivity contribution in [1.82, 2.24) is 0 Å². The van der Waals surface area contributed by atoms with E-state index in [-0.39, 0.29) is 5.60 Å². The highest BCUT2D eigenvalue weighted by molar-refractivity contribution is 5.88. The van der Waals surface area contributed by atoms with Crippen molar-refractivity contribution in [3.05, 3.63) is 23.8 Å². The highest BCUT2D eigenvalue weighted by Crippen LogP contribution is 2.59. The van der Waals surface area contributed by atoms with Gasteiger partial charge < -0.3 is 9.84 Å². The van der Waals surface area contributed by atoms with Crippen molar-refractivity contribution in [2.75, 3.05) is 11.9 Å². The molecular weight excluding hydrogens is 422 g/mol. The third-order valence-corrected chi connectivity index (χ3v) is 9.78. The van der Waals surface area contributed by atoms with Crippen LogP contribution in [0, 0.1) is 47.3 Å². The molecule has 34 heavy (non-hydrogen) atoms. The summed E-state index contributed by atoms with van der Waals surface area (Å²) in [6, 6.07) is 6.11. The van der Waals surface area contributed by atoms with Crippen LogP contribution in [0.5, 0.6) is 5.75 Å². The number of rotatable bonds is 5. The van der Waals surface area contributed by atoms with Gasteiger partial charge in [0.1, 0.15) is 11.4 Å². The zero-order valence-electron chi connectivity index (χ0n) is 22.5. The van der Waals surface area contributed by atoms with Crippen molar-refractivity contribution in [2.45, 2.75) is 92.1 Å². The topological polar surface area (TPSA) is 49.8 Å². The predicted molar refractivity (Wildman–Crippen MR) is 140 cm³/mol. The Morgan fingerprint density at radius 1 is 0.971 bits per heavy atom. The normalized spacial score (nSPS) is 35.8. The Kier molecular flexibility index (Phi) is 7.27. The monoisotopic (exact) mass is 469 g/mol. The Hall–Kier alpha value is -1.71. The summed E-state index contributed by atoms with van der Waals surface area (Å²) in [7, 11) is 1.64. The summed E-state index contributed by atoms with van der Waals surface area (Å²) in [6.07, 6.45) is 7.60. The molecule has 0 aromatic heterocycles. The Bertz CT molecular complexity index is 846. The Morgan fingerprint density at radius 3 is 1.97 bits per heavy atom. The Balaban J connectivity index is 1.86. The van der Waals surface area contributed by atoms with Gasteiger partial charge in [0, 0.05) is 30.9 Å². The molecule has 1 heterocycles. The lowest BCUT2D eigenvalue weighted by molar-refractivity contribution is -0.117. The van der Waals surface area contributed by atoms with Gasteiger partial charge in [0.15, 0.2) is 0 Å². The van der Waals surface area contributed by atoms with Crippen LogP contribution in [0.3, 0.4) is 0 Å². The van der Waals surface area contributed by atoms with Gasteiger partial charge in [-0.3, -0.25) is 4.90 Å². The molecule has 4 rings (SSSR count). The molecule has 3 aliphatic rings. The second-order valence-corrected chi connectivity index (χ2v) is 12.7. The van der Waals surface area contributed by atoms with Crippen molar-refractivity contribution in [3.63, 3.8) is 0 Å². The maximum Gasteiger partial charge on any atom is 0.411 e. The van der Waals surface area contributed by atoms with Crippen LogP contribution < -0.4 is 9.64 Å². The lowest BCUT2D eigenvalue weighted by atomic mass is 9.54. The van der Waals surface area contributed by atoms with E-state index in [2.05, 4.69) is 47.6 Å². The maximum atomic E-state index is 11.9. The van der Waals surface area contributed by atoms with Crippen molar-refractivity contribution in [2.24, 2.45) is 47.3 Å². The second kappa shape index (κ2) is 9.74. The van der Waals surface area contributed by atoms with E-state index in [1.165, 1.54) is 49.0 Å². The quantitative estimate of drug-likeness (QED) is 0.477. The predicted octanol–water partition coefficient (Wildman–Crippen LogP) is 7.89. The summed E-state index contributed by atoms with van der Waals surface area (Å²) in [5.74, 6) is 5.81. The summed E-state index contributed by atoms with van der Waals surface area (Å²) in [5, 5.41) is 9.76. The number of ether oxygens (including phenoxy) is 1. The lowest BCUT2D eigenvalue weighted by Crippen LogP contribution is -2.58. The van der Waals surface area contributed by atoms with Crippen LogP contribution in [0.1, 0.15) is 85.6 Å². The summed E-state index contributed by atoms with van der Waals surface area (Å²) >= 11 is 0. The van der Waals surface area contributed by atoms with Crippen molar-refractivity contribution >= 4 is 11.8 Å². The van der Waals surface area contributed by atoms with E-state index in [4.69, 9.17) is 4.74 Å². The van der Waals surface area contributed by atoms with E-state index in [9.17, 15) is 9.90 Å². The van der Waals surface area contributed by atoms with Gasteiger partial charge in [-0.05, 0) is 67.3 Å². The number of nitrogens with zero attached hydrogens (tertiary/aromatic N) is 1. The molecule has 2 fully saturated rings. The van der Waals surface area contributed by atoms with E-state index < -0.39 is 6.09 Å². The molecule has 6 unspecified atom stereocenters. The molecule has 4 nitrogen and oxygen atoms in total. The first kappa shape index (κ1) is 25.4. The van der Waals surface area contributed by atoms with Crippen LogP contribution in [-0.4, -0.2) is 23.8 Å². The molecule has 2 saturated carbocycles. The average molecular weight is 470 g/mol. The number of carbonyl (C=O) groups is 1. The molecule has 0 radical (unpaired) electrons. The number of para-hydroxylation sites is 1. The summed E-state index contributed by atoms with van der Waals surface area (Å²) < 4.78 is 7.33. The van der Waals surface area contributed by atoms with Crippen LogP contribution in [-0.2, 0) is 6.42 Å². The molecule has 1 aromatic rings. The number of fused-ring (bicyclic) bond motifs is 1. The first-order valence-corrected chi connectivity index (χ1v) is 13.8. The van der Waals surface area contributed by atoms with Gasteiger partial charge in [-0.15, -0.1) is 0 Å². The molecule has 1 amide bonds. The minimum absolute atomic E-state index is 0.245. The molecule has 0 saturated heterocycles. The number of hydrogen-bond acceptors (Lipinski definition) is 2. The van der Waals surface area contributed by atoms with Gasteiger partial charge in [0.25, 0.3) is 0 Å². The number of anilines is 1. The molecule has 2 aliphatic carbocycles. The first-order valence-electron chi connectivity index (χ1n) is 13.8. The van der Waals surface area contributed by atoms with E-state index >= 15 is 0 Å². The molecule has 1 aliphatic heterocycles. The molecule has 1 N–H and O–H groups in total. The molecule has 1 aromatic carbocycles. The Morgan fingerprint density at radius 2 is 1.50 bits per heavy atom. The highest BCUT2D eigenvalue weighted by Gasteiger charge is 2.58. The van der Waals surface area contributed by atoms with E-state index in [1.54, 1.807) is 7.05 Å². The molecule has 4 heteroatoms. The van der Waals surface area contributed by atoms with Crippen LogP contribution in [0.4, 0.5) is 10.5 Å². The van der Waals surface area contributed by atoms with E-state index in [1.807, 2.05) is 12.1 Å². The number of benzene rings is 1. The average Bonchev–Trinajstić information content (AvgIpc) is 3.18. The third-order valence-electron chi connectivity index (χ3n) is 9.78. The largest absolute Gasteiger partial charge is 0.484 e. The van der Waals surface area contributed by atoms with Crippen LogP contribution in [0.25, 0.3) is 0 Å². The number of amides is 1. The van der Waals surface area contributed by atoms with E-state index in [0.717, 1.165) is 12.2 Å². The minimum atomic E-state index is -0.938. The molecule has 6 atom stereocenters. The van der Waals surface area contributed by atoms with Gasteiger partial charge in [0.05, 0.1) is 5.69 Å². The van der Waals surface area contributed by atoms with Crippen molar-refractivity contribution < 1.29 is 14.6 Å². The first-order chi connectivity index (χ1) is 16.0. The standard InChI is InChI=1S/C30H47NO3/c1-18(2)23-13-11-20(5)15-25(23)30(26-16-21(6)12-14-24(26)19(3)4)17-22-9-8-10-27(28(22)34-30)31(7)29(32)33/h8-10,18-21,23-26H,11-17H2,1-7H3,(H,32,33). The maximum absolute atomic E-state index is 11.9. The molecule has 190 valence electrons. The molecule has 0 spiro atoms. The van der Waals surface area contributed by atoms with Crippen LogP contribution in [0.2, 0.25) is 0 Å². The van der Waals surface area contributed by atoms with E-state index in [0.29, 0.717) is 53.0 Å². The summed E-state index contributed by atoms with van der Waals surface area (Å²) in [5.41, 5.74) is 1.65. The van der Waals surface area contributed by atoms with Crippen molar-refractivity contribution in [1.29, 1.82) is 0 Å². The van der Waals surface area contributed by atoms with Crippen molar-refractivity contribution in [3.8, 4) is 5.75 Å². The van der Waals surface area contributed by atoms with Crippen LogP contribution >= 0.6 is 0 Å². The Labute approximate surface area is 207 Å². The zero-order valence-corrected chi connectivity index (χ0v) is 22.5. The summed E-state index contributed by atoms with van der Waals surface area (Å²) in [6.45, 7) is 14.4. The molecular formula is C30H47NO3. The lowest BCUT2D eigenvalue weighted by Gasteiger charge is -2.54. The minimum Gasteiger partial charge on any atom is -0.484 e. The SMILES string of the molecule is CC1CCC(C(C)C)C(C2(C3CC(C)CCC3C(C)C)Cc3cccc(N(C)C(=O)O)c3O2)C1. The van der Waals surface area contributed by atoms with Gasteiger partial charge in [-0.1, -0.05) is 66.5 Å². The fourth-order valence-corrected chi connectivity index (χ4v) is 7.94. The smallest absolute Gasteiger partial charge is 0.411 e. The highest BCUT2D eigenvalue weighted by atomic mass is 16.5. The van der Waals surface area contributed by atoms with Gasteiger partial charge >= 0.3 is 6.09 Å². The summed E-state index contributed by atoms with van der Waals surface area (Å²) in [4.78, 5) is 13.2.